The maximum absolute atomic E-state index is 13.3. The fourth-order valence-electron chi connectivity index (χ4n) is 9.71. The molecule has 0 radical (unpaired) electrons. The molecule has 17 heteroatoms. The minimum absolute atomic E-state index is 0.0999. The van der Waals surface area contributed by atoms with Gasteiger partial charge in [0.2, 0.25) is 0 Å². The topological polar surface area (TPSA) is 185 Å². The molecule has 17 nitrogen and oxygen atoms in total. The van der Waals surface area contributed by atoms with Crippen molar-refractivity contribution in [3.05, 3.63) is 164 Å². The van der Waals surface area contributed by atoms with Gasteiger partial charge in [0, 0.05) is 85.7 Å². The van der Waals surface area contributed by atoms with Gasteiger partial charge in [-0.3, -0.25) is 24.6 Å². The van der Waals surface area contributed by atoms with Crippen molar-refractivity contribution in [2.24, 2.45) is 0 Å². The lowest BCUT2D eigenvalue weighted by Crippen LogP contribution is -2.48. The molecule has 12 rings (SSSR count). The molecule has 348 valence electrons. The lowest BCUT2D eigenvalue weighted by atomic mass is 10.00. The SMILES string of the molecule is Cc1cc(-c2nc3c(c(C)c2C)N2CC[C@@H](C2)N3)ccn1.Cc1cc(-c2nc3c(c(C)c2C)N2CC[C@@H](C2)N3C(=O)Nc2ccccn2)ccn1.O=c1nc2ccccn2c(=O)n1-c1ccccn1. The van der Waals surface area contributed by atoms with Crippen LogP contribution in [-0.2, 0) is 0 Å². The Labute approximate surface area is 398 Å². The van der Waals surface area contributed by atoms with Crippen molar-refractivity contribution in [2.45, 2.75) is 66.5 Å². The van der Waals surface area contributed by atoms with E-state index in [0.717, 1.165) is 94.0 Å². The maximum atomic E-state index is 13.3. The van der Waals surface area contributed by atoms with Crippen LogP contribution in [0.4, 0.5) is 33.6 Å². The van der Waals surface area contributed by atoms with Crippen molar-refractivity contribution < 1.29 is 4.79 Å². The fourth-order valence-corrected chi connectivity index (χ4v) is 9.71. The van der Waals surface area contributed by atoms with Crippen LogP contribution in [0.2, 0.25) is 0 Å². The molecular formula is C52H52N14O3. The number of anilines is 5. The number of hydrogen-bond donors (Lipinski definition) is 2. The number of urea groups is 1. The minimum Gasteiger partial charge on any atom is -0.366 e. The van der Waals surface area contributed by atoms with Crippen LogP contribution >= 0.6 is 0 Å². The van der Waals surface area contributed by atoms with Crippen LogP contribution in [0.1, 0.15) is 46.5 Å². The fraction of sp³-hybridized carbons (Fsp3) is 0.269. The summed E-state index contributed by atoms with van der Waals surface area (Å²) in [5.74, 6) is 2.58. The average molecular weight is 921 g/mol. The van der Waals surface area contributed by atoms with Gasteiger partial charge in [-0.2, -0.15) is 9.55 Å². The van der Waals surface area contributed by atoms with Crippen LogP contribution in [0, 0.1) is 41.5 Å². The summed E-state index contributed by atoms with van der Waals surface area (Å²) in [5, 5.41) is 6.56. The summed E-state index contributed by atoms with van der Waals surface area (Å²) in [6.45, 7) is 16.6. The Morgan fingerprint density at radius 2 is 1.30 bits per heavy atom. The Kier molecular flexibility index (Phi) is 11.9. The first kappa shape index (κ1) is 44.5. The molecule has 0 saturated carbocycles. The highest BCUT2D eigenvalue weighted by Gasteiger charge is 2.42. The zero-order valence-electron chi connectivity index (χ0n) is 39.4. The average Bonchev–Trinajstić information content (AvgIpc) is 3.95. The summed E-state index contributed by atoms with van der Waals surface area (Å²) in [5.41, 5.74) is 12.6. The molecule has 12 heterocycles. The summed E-state index contributed by atoms with van der Waals surface area (Å²) in [7, 11) is 0. The molecule has 2 fully saturated rings. The van der Waals surface area contributed by atoms with Crippen LogP contribution in [0.5, 0.6) is 0 Å². The first-order chi connectivity index (χ1) is 33.4. The third-order valence-corrected chi connectivity index (χ3v) is 13.3. The van der Waals surface area contributed by atoms with Crippen LogP contribution in [0.15, 0.2) is 119 Å². The Bertz CT molecular complexity index is 3380. The second-order valence-corrected chi connectivity index (χ2v) is 17.8. The van der Waals surface area contributed by atoms with Crippen molar-refractivity contribution in [1.82, 2.24) is 43.9 Å². The maximum Gasteiger partial charge on any atom is 0.359 e. The normalized spacial score (nSPS) is 16.1. The van der Waals surface area contributed by atoms with E-state index in [0.29, 0.717) is 17.5 Å². The first-order valence-electron chi connectivity index (χ1n) is 23.1. The van der Waals surface area contributed by atoms with Crippen LogP contribution < -0.4 is 36.7 Å². The predicted octanol–water partition coefficient (Wildman–Crippen LogP) is 7.41. The first-order valence-corrected chi connectivity index (χ1v) is 23.1. The molecule has 0 unspecified atom stereocenters. The summed E-state index contributed by atoms with van der Waals surface area (Å²) in [6, 6.07) is 24.1. The van der Waals surface area contributed by atoms with Gasteiger partial charge >= 0.3 is 17.4 Å². The van der Waals surface area contributed by atoms with Gasteiger partial charge in [0.05, 0.1) is 28.8 Å². The number of amides is 2. The molecule has 4 aliphatic heterocycles. The molecule has 2 atom stereocenters. The van der Waals surface area contributed by atoms with Crippen molar-refractivity contribution in [3.8, 4) is 28.3 Å². The number of aromatic nitrogens is 9. The minimum atomic E-state index is -0.634. The second-order valence-electron chi connectivity index (χ2n) is 17.8. The number of fused-ring (bicyclic) bond motifs is 9. The van der Waals surface area contributed by atoms with Crippen molar-refractivity contribution in [2.75, 3.05) is 51.5 Å². The largest absolute Gasteiger partial charge is 0.366 e. The molecule has 8 aromatic rings. The van der Waals surface area contributed by atoms with E-state index in [1.54, 1.807) is 61.1 Å². The molecule has 4 aliphatic rings. The monoisotopic (exact) mass is 920 g/mol. The summed E-state index contributed by atoms with van der Waals surface area (Å²) in [6.07, 6.45) is 10.5. The molecule has 0 spiro atoms. The van der Waals surface area contributed by atoms with E-state index in [1.165, 1.54) is 39.4 Å². The van der Waals surface area contributed by atoms with E-state index in [-0.39, 0.29) is 17.9 Å². The predicted molar refractivity (Wildman–Crippen MR) is 269 cm³/mol. The third-order valence-electron chi connectivity index (χ3n) is 13.3. The number of rotatable bonds is 4. The molecule has 8 aromatic heterocycles. The van der Waals surface area contributed by atoms with Gasteiger partial charge in [-0.05, 0) is 137 Å². The molecule has 0 aliphatic carbocycles. The van der Waals surface area contributed by atoms with Gasteiger partial charge in [-0.1, -0.05) is 18.2 Å². The number of pyridine rings is 7. The zero-order chi connectivity index (χ0) is 47.9. The summed E-state index contributed by atoms with van der Waals surface area (Å²) in [4.78, 5) is 74.7. The number of carbonyl (C=O) groups is 1. The Balaban J connectivity index is 0.000000125. The summed E-state index contributed by atoms with van der Waals surface area (Å²) < 4.78 is 2.24. The van der Waals surface area contributed by atoms with Gasteiger partial charge in [-0.25, -0.2) is 34.3 Å². The number of aryl methyl sites for hydroxylation is 2. The lowest BCUT2D eigenvalue weighted by Gasteiger charge is -2.37. The number of carbonyl (C=O) groups excluding carboxylic acids is 1. The van der Waals surface area contributed by atoms with Gasteiger partial charge in [0.25, 0.3) is 0 Å². The highest BCUT2D eigenvalue weighted by Crippen LogP contribution is 2.45. The number of nitrogens with one attached hydrogen (secondary N) is 2. The highest BCUT2D eigenvalue weighted by molar-refractivity contribution is 6.05. The Morgan fingerprint density at radius 3 is 1.99 bits per heavy atom. The molecule has 69 heavy (non-hydrogen) atoms. The van der Waals surface area contributed by atoms with Crippen molar-refractivity contribution >= 4 is 40.5 Å². The Morgan fingerprint density at radius 1 is 0.652 bits per heavy atom. The smallest absolute Gasteiger partial charge is 0.359 e. The van der Waals surface area contributed by atoms with Gasteiger partial charge in [-0.15, -0.1) is 0 Å². The standard InChI is InChI=1S/C23H24N6O.C17H20N4.C12H8N4O2/c1-14-12-17(7-10-24-14)20-15(2)16(3)21-22(27-20)29(18-8-11-28(21)13-18)23(30)26-19-6-4-5-9-25-19;1-10-8-13(4-6-18-10)15-11(2)12(3)16-17(20-15)19-14-5-7-21(16)9-14;17-11-14-10-6-2-4-8-15(10)12(18)16(11)9-5-1-3-7-13-9/h4-7,9-10,12,18H,8,11,13H2,1-3H3,(H,25,26,30);4,6,8,14H,5,7,9H2,1-3H3,(H,19,20);1-8H/t18-;14-;/m00./s1. The zero-order valence-corrected chi connectivity index (χ0v) is 39.4. The molecule has 0 aromatic carbocycles. The molecule has 2 amide bonds. The quantitative estimate of drug-likeness (QED) is 0.178. The Hall–Kier alpha value is -8.34. The second kappa shape index (κ2) is 18.4. The van der Waals surface area contributed by atoms with Crippen LogP contribution in [0.3, 0.4) is 0 Å². The lowest BCUT2D eigenvalue weighted by molar-refractivity contribution is 0.254. The van der Waals surface area contributed by atoms with Crippen molar-refractivity contribution in [1.29, 1.82) is 0 Å². The van der Waals surface area contributed by atoms with E-state index in [4.69, 9.17) is 9.97 Å². The number of hydrogen-bond acceptors (Lipinski definition) is 13. The van der Waals surface area contributed by atoms with Crippen molar-refractivity contribution in [3.63, 3.8) is 0 Å². The molecular weight excluding hydrogens is 869 g/mol. The molecule has 2 saturated heterocycles. The van der Waals surface area contributed by atoms with Crippen LogP contribution in [-0.4, -0.2) is 88.1 Å². The van der Waals surface area contributed by atoms with Gasteiger partial charge in [0.15, 0.2) is 11.6 Å². The van der Waals surface area contributed by atoms with E-state index in [1.807, 2.05) is 55.3 Å². The van der Waals surface area contributed by atoms with Gasteiger partial charge < -0.3 is 15.1 Å². The van der Waals surface area contributed by atoms with E-state index >= 15 is 0 Å². The van der Waals surface area contributed by atoms with Crippen LogP contribution in [0.25, 0.3) is 34.0 Å². The van der Waals surface area contributed by atoms with E-state index < -0.39 is 11.4 Å². The molecule has 2 N–H and O–H groups in total. The van der Waals surface area contributed by atoms with E-state index in [2.05, 4.69) is 79.1 Å². The number of nitrogens with zero attached hydrogens (tertiary/aromatic N) is 12. The highest BCUT2D eigenvalue weighted by atomic mass is 16.2. The third kappa shape index (κ3) is 8.51. The van der Waals surface area contributed by atoms with Gasteiger partial charge in [0.1, 0.15) is 17.3 Å². The summed E-state index contributed by atoms with van der Waals surface area (Å²) >= 11 is 0. The van der Waals surface area contributed by atoms with E-state index in [9.17, 15) is 14.4 Å². The molecule has 4 bridgehead atoms.